The number of hydrogen-bond acceptors (Lipinski definition) is 3. The number of amides is 3. The van der Waals surface area contributed by atoms with Gasteiger partial charge in [0.25, 0.3) is 5.91 Å². The first-order valence-electron chi connectivity index (χ1n) is 6.52. The predicted octanol–water partition coefficient (Wildman–Crippen LogP) is 2.93. The van der Waals surface area contributed by atoms with Gasteiger partial charge in [0.2, 0.25) is 0 Å². The average Bonchev–Trinajstić information content (AvgIpc) is 2.68. The smallest absolute Gasteiger partial charge is 0.329 e. The van der Waals surface area contributed by atoms with Gasteiger partial charge in [0.05, 0.1) is 16.8 Å². The maximum Gasteiger partial charge on any atom is 0.329 e. The second kappa shape index (κ2) is 5.83. The maximum atomic E-state index is 12.3. The first-order chi connectivity index (χ1) is 9.45. The molecule has 0 unspecified atom stereocenters. The zero-order valence-corrected chi connectivity index (χ0v) is 13.2. The van der Waals surface area contributed by atoms with Crippen molar-refractivity contribution >= 4 is 33.6 Å². The Hall–Kier alpha value is -1.56. The van der Waals surface area contributed by atoms with Gasteiger partial charge in [0.15, 0.2) is 0 Å². The van der Waals surface area contributed by atoms with Crippen molar-refractivity contribution in [3.05, 3.63) is 22.7 Å². The van der Waals surface area contributed by atoms with E-state index in [9.17, 15) is 9.59 Å². The Balaban J connectivity index is 2.30. The number of rotatable bonds is 4. The van der Waals surface area contributed by atoms with Crippen LogP contribution in [0.3, 0.4) is 0 Å². The van der Waals surface area contributed by atoms with Crippen molar-refractivity contribution in [3.63, 3.8) is 0 Å². The van der Waals surface area contributed by atoms with Crippen LogP contribution in [-0.4, -0.2) is 24.6 Å². The largest absolute Gasteiger partial charge is 0.493 e. The van der Waals surface area contributed by atoms with Crippen molar-refractivity contribution in [1.82, 2.24) is 5.32 Å². The molecule has 1 atom stereocenters. The minimum Gasteiger partial charge on any atom is -0.493 e. The highest BCUT2D eigenvalue weighted by molar-refractivity contribution is 9.10. The highest BCUT2D eigenvalue weighted by Gasteiger charge is 2.40. The fourth-order valence-corrected chi connectivity index (χ4v) is 2.58. The van der Waals surface area contributed by atoms with Crippen molar-refractivity contribution in [2.45, 2.75) is 26.8 Å². The second-order valence-electron chi connectivity index (χ2n) is 4.89. The molecule has 3 amide bonds. The lowest BCUT2D eigenvalue weighted by atomic mass is 10.0. The second-order valence-corrected chi connectivity index (χ2v) is 5.75. The van der Waals surface area contributed by atoms with E-state index < -0.39 is 6.04 Å². The number of halogens is 1. The molecule has 20 heavy (non-hydrogen) atoms. The van der Waals surface area contributed by atoms with Crippen molar-refractivity contribution in [3.8, 4) is 5.75 Å². The minimum absolute atomic E-state index is 0.0580. The Morgan fingerprint density at radius 1 is 1.40 bits per heavy atom. The van der Waals surface area contributed by atoms with Crippen LogP contribution in [0.25, 0.3) is 0 Å². The van der Waals surface area contributed by atoms with Crippen LogP contribution >= 0.6 is 15.9 Å². The lowest BCUT2D eigenvalue weighted by Crippen LogP contribution is -2.34. The fourth-order valence-electron chi connectivity index (χ4n) is 2.10. The van der Waals surface area contributed by atoms with E-state index >= 15 is 0 Å². The van der Waals surface area contributed by atoms with Gasteiger partial charge >= 0.3 is 6.03 Å². The zero-order chi connectivity index (χ0) is 14.9. The van der Waals surface area contributed by atoms with Crippen LogP contribution in [0, 0.1) is 5.92 Å². The summed E-state index contributed by atoms with van der Waals surface area (Å²) in [4.78, 5) is 25.4. The molecule has 0 aliphatic carbocycles. The van der Waals surface area contributed by atoms with Crippen molar-refractivity contribution in [2.24, 2.45) is 5.92 Å². The van der Waals surface area contributed by atoms with E-state index in [-0.39, 0.29) is 17.9 Å². The highest BCUT2D eigenvalue weighted by atomic mass is 79.9. The van der Waals surface area contributed by atoms with Gasteiger partial charge in [-0.1, -0.05) is 13.8 Å². The highest BCUT2D eigenvalue weighted by Crippen LogP contribution is 2.31. The molecule has 1 fully saturated rings. The summed E-state index contributed by atoms with van der Waals surface area (Å²) in [5, 5.41) is 2.70. The normalized spacial score (nSPS) is 18.6. The van der Waals surface area contributed by atoms with Gasteiger partial charge < -0.3 is 10.1 Å². The number of nitrogens with zero attached hydrogens (tertiary/aromatic N) is 1. The Morgan fingerprint density at radius 2 is 2.10 bits per heavy atom. The number of imide groups is 1. The Kier molecular flexibility index (Phi) is 4.32. The van der Waals surface area contributed by atoms with Crippen LogP contribution in [0.1, 0.15) is 20.8 Å². The van der Waals surface area contributed by atoms with E-state index in [2.05, 4.69) is 21.2 Å². The number of carbonyl (C=O) groups excluding carboxylic acids is 2. The van der Waals surface area contributed by atoms with Crippen molar-refractivity contribution < 1.29 is 14.3 Å². The Labute approximate surface area is 126 Å². The monoisotopic (exact) mass is 340 g/mol. The fraction of sp³-hybridized carbons (Fsp3) is 0.429. The minimum atomic E-state index is -0.465. The molecule has 2 rings (SSSR count). The van der Waals surface area contributed by atoms with Crippen LogP contribution in [0.15, 0.2) is 22.7 Å². The Morgan fingerprint density at radius 3 is 2.60 bits per heavy atom. The summed E-state index contributed by atoms with van der Waals surface area (Å²) < 4.78 is 6.13. The molecule has 1 heterocycles. The molecule has 5 nitrogen and oxygen atoms in total. The summed E-state index contributed by atoms with van der Waals surface area (Å²) in [6.07, 6.45) is 0. The summed E-state index contributed by atoms with van der Waals surface area (Å²) in [7, 11) is 0. The van der Waals surface area contributed by atoms with Crippen LogP contribution in [0.5, 0.6) is 5.75 Å². The van der Waals surface area contributed by atoms with Gasteiger partial charge in [-0.25, -0.2) is 9.69 Å². The number of urea groups is 1. The number of ether oxygens (including phenoxy) is 1. The summed E-state index contributed by atoms with van der Waals surface area (Å²) in [6.45, 7) is 6.25. The Bertz CT molecular complexity index is 545. The molecule has 1 N–H and O–H groups in total. The molecule has 0 bridgehead atoms. The van der Waals surface area contributed by atoms with Gasteiger partial charge in [0.1, 0.15) is 11.8 Å². The maximum absolute atomic E-state index is 12.3. The molecule has 1 aromatic rings. The zero-order valence-electron chi connectivity index (χ0n) is 11.6. The topological polar surface area (TPSA) is 58.6 Å². The lowest BCUT2D eigenvalue weighted by molar-refractivity contribution is -0.119. The number of hydrogen-bond donors (Lipinski definition) is 1. The van der Waals surface area contributed by atoms with Crippen molar-refractivity contribution in [1.29, 1.82) is 0 Å². The first kappa shape index (κ1) is 14.8. The van der Waals surface area contributed by atoms with Crippen molar-refractivity contribution in [2.75, 3.05) is 11.5 Å². The lowest BCUT2D eigenvalue weighted by Gasteiger charge is -2.16. The molecule has 1 saturated heterocycles. The molecule has 0 radical (unpaired) electrons. The van der Waals surface area contributed by atoms with Crippen LogP contribution in [0.4, 0.5) is 10.5 Å². The molecule has 1 aliphatic rings. The predicted molar refractivity (Wildman–Crippen MR) is 80.0 cm³/mol. The quantitative estimate of drug-likeness (QED) is 0.857. The van der Waals surface area contributed by atoms with Crippen LogP contribution < -0.4 is 15.0 Å². The number of benzene rings is 1. The molecule has 108 valence electrons. The van der Waals surface area contributed by atoms with Crippen LogP contribution in [-0.2, 0) is 4.79 Å². The number of carbonyl (C=O) groups is 2. The molecule has 6 heteroatoms. The SMILES string of the molecule is CCOc1ccc(N2C(=O)N[C@@H](C(C)C)C2=O)cc1Br. The molecule has 0 aromatic heterocycles. The summed E-state index contributed by atoms with van der Waals surface area (Å²) >= 11 is 3.38. The molecular formula is C14H17BrN2O3. The molecule has 1 aromatic carbocycles. The van der Waals surface area contributed by atoms with E-state index in [0.29, 0.717) is 22.5 Å². The third-order valence-electron chi connectivity index (χ3n) is 3.11. The van der Waals surface area contributed by atoms with Gasteiger partial charge in [-0.05, 0) is 47.0 Å². The molecular weight excluding hydrogens is 324 g/mol. The van der Waals surface area contributed by atoms with Crippen LogP contribution in [0.2, 0.25) is 0 Å². The van der Waals surface area contributed by atoms with E-state index in [1.54, 1.807) is 18.2 Å². The first-order valence-corrected chi connectivity index (χ1v) is 7.31. The summed E-state index contributed by atoms with van der Waals surface area (Å²) in [5.74, 6) is 0.521. The number of nitrogens with one attached hydrogen (secondary N) is 1. The number of anilines is 1. The van der Waals surface area contributed by atoms with E-state index in [1.165, 1.54) is 4.90 Å². The van der Waals surface area contributed by atoms with Gasteiger partial charge in [-0.15, -0.1) is 0 Å². The third kappa shape index (κ3) is 2.65. The molecule has 1 aliphatic heterocycles. The average molecular weight is 341 g/mol. The van der Waals surface area contributed by atoms with E-state index in [0.717, 1.165) is 0 Å². The van der Waals surface area contributed by atoms with E-state index in [4.69, 9.17) is 4.74 Å². The molecule has 0 spiro atoms. The summed E-state index contributed by atoms with van der Waals surface area (Å²) in [5.41, 5.74) is 0.533. The molecule has 0 saturated carbocycles. The van der Waals surface area contributed by atoms with Gasteiger partial charge in [0, 0.05) is 0 Å². The standard InChI is InChI=1S/C14H17BrN2O3/c1-4-20-11-6-5-9(7-10(11)15)17-13(18)12(8(2)3)16-14(17)19/h5-8,12H,4H2,1-3H3,(H,16,19)/t12-/m0/s1. The van der Waals surface area contributed by atoms with Gasteiger partial charge in [-0.3, -0.25) is 4.79 Å². The van der Waals surface area contributed by atoms with E-state index in [1.807, 2.05) is 20.8 Å². The van der Waals surface area contributed by atoms with Gasteiger partial charge in [-0.2, -0.15) is 0 Å². The summed E-state index contributed by atoms with van der Waals surface area (Å²) in [6, 6.07) is 4.31. The third-order valence-corrected chi connectivity index (χ3v) is 3.73.